The van der Waals surface area contributed by atoms with Crippen molar-refractivity contribution in [3.05, 3.63) is 12.2 Å². The van der Waals surface area contributed by atoms with Crippen molar-refractivity contribution in [1.82, 2.24) is 0 Å². The molecule has 0 radical (unpaired) electrons. The fourth-order valence-electron chi connectivity index (χ4n) is 7.80. The molecule has 9 atom stereocenters. The fraction of sp³-hybridized carbons (Fsp3) is 0.789. The Morgan fingerprint density at radius 1 is 1.31 bits per heavy atom. The highest BCUT2D eigenvalue weighted by Crippen LogP contribution is 2.78. The first-order chi connectivity index (χ1) is 12.0. The van der Waals surface area contributed by atoms with Crippen LogP contribution in [0.2, 0.25) is 0 Å². The summed E-state index contributed by atoms with van der Waals surface area (Å²) in [4.78, 5) is 25.2. The number of esters is 1. The van der Waals surface area contributed by atoms with Crippen LogP contribution in [0.25, 0.3) is 0 Å². The minimum atomic E-state index is -1.28. The number of carboxylic acid groups (broad SMARTS) is 1. The number of hydrogen-bond donors (Lipinski definition) is 4. The van der Waals surface area contributed by atoms with Crippen LogP contribution < -0.4 is 0 Å². The van der Waals surface area contributed by atoms with Gasteiger partial charge in [0.05, 0.1) is 29.1 Å². The molecule has 7 heteroatoms. The molecular formula is C19H24O7. The van der Waals surface area contributed by atoms with Crippen LogP contribution >= 0.6 is 0 Å². The quantitative estimate of drug-likeness (QED) is 0.388. The highest BCUT2D eigenvalue weighted by atomic mass is 16.6. The average molecular weight is 364 g/mol. The number of hydrogen-bond acceptors (Lipinski definition) is 6. The van der Waals surface area contributed by atoms with Crippen molar-refractivity contribution in [3.63, 3.8) is 0 Å². The van der Waals surface area contributed by atoms with Gasteiger partial charge in [-0.25, -0.2) is 0 Å². The topological polar surface area (TPSA) is 124 Å². The Bertz CT molecular complexity index is 763. The van der Waals surface area contributed by atoms with Gasteiger partial charge in [-0.2, -0.15) is 0 Å². The van der Waals surface area contributed by atoms with Crippen molar-refractivity contribution in [2.24, 2.45) is 28.6 Å². The van der Waals surface area contributed by atoms with Crippen molar-refractivity contribution in [3.8, 4) is 0 Å². The van der Waals surface area contributed by atoms with Gasteiger partial charge < -0.3 is 25.2 Å². The summed E-state index contributed by atoms with van der Waals surface area (Å²) in [5.41, 5.74) is -4.33. The second-order valence-corrected chi connectivity index (χ2v) is 9.46. The van der Waals surface area contributed by atoms with Crippen molar-refractivity contribution in [1.29, 1.82) is 0 Å². The molecule has 4 saturated carbocycles. The molecule has 142 valence electrons. The van der Waals surface area contributed by atoms with Gasteiger partial charge in [0.25, 0.3) is 0 Å². The van der Waals surface area contributed by atoms with Gasteiger partial charge in [-0.3, -0.25) is 9.59 Å². The van der Waals surface area contributed by atoms with Crippen molar-refractivity contribution in [2.45, 2.75) is 62.4 Å². The standard InChI is InChI=1S/C19H24O7/c1-8-13(21)18-7-17(8,25)4-3-10(18)19-6-9(20)5-16(2,15(24)26-19)12(19)11(18)14(22)23/h9-13,20-21,25H,1,3-7H2,2H3,(H,22,23)/t9-,10-,11-,12-,13-,16+,17+,18-,19-/m1/s1. The predicted octanol–water partition coefficient (Wildman–Crippen LogP) is 0.222. The summed E-state index contributed by atoms with van der Waals surface area (Å²) in [5.74, 6) is -3.61. The number of carboxylic acids is 1. The SMILES string of the molecule is C=C1[C@@H](O)[C@]23C[C@@]1(O)CC[C@H]2[C@@]12C[C@H](O)C[C@](C)(C(=O)O1)[C@H]2[C@@H]3C(=O)O. The molecule has 0 aromatic carbocycles. The number of aliphatic hydroxyl groups is 3. The lowest BCUT2D eigenvalue weighted by molar-refractivity contribution is -0.167. The summed E-state index contributed by atoms with van der Waals surface area (Å²) in [6.07, 6.45) is -0.678. The molecule has 1 heterocycles. The zero-order valence-corrected chi connectivity index (χ0v) is 14.6. The minimum absolute atomic E-state index is 0.115. The summed E-state index contributed by atoms with van der Waals surface area (Å²) >= 11 is 0. The summed E-state index contributed by atoms with van der Waals surface area (Å²) in [7, 11) is 0. The maximum Gasteiger partial charge on any atom is 0.312 e. The Labute approximate surface area is 150 Å². The molecule has 5 fully saturated rings. The second-order valence-electron chi connectivity index (χ2n) is 9.46. The number of ether oxygens (including phenoxy) is 1. The molecule has 26 heavy (non-hydrogen) atoms. The number of carbonyl (C=O) groups is 2. The van der Waals surface area contributed by atoms with Crippen molar-refractivity contribution < 1.29 is 34.8 Å². The van der Waals surface area contributed by atoms with E-state index in [4.69, 9.17) is 4.74 Å². The normalized spacial score (nSPS) is 59.8. The van der Waals surface area contributed by atoms with E-state index in [-0.39, 0.29) is 24.8 Å². The van der Waals surface area contributed by atoms with Crippen LogP contribution in [0.15, 0.2) is 12.2 Å². The molecule has 1 spiro atoms. The van der Waals surface area contributed by atoms with E-state index >= 15 is 0 Å². The summed E-state index contributed by atoms with van der Waals surface area (Å²) in [5, 5.41) is 42.7. The van der Waals surface area contributed by atoms with E-state index in [1.54, 1.807) is 6.92 Å². The van der Waals surface area contributed by atoms with Crippen LogP contribution in [-0.4, -0.2) is 55.8 Å². The zero-order chi connectivity index (χ0) is 18.9. The number of fused-ring (bicyclic) bond motifs is 1. The van der Waals surface area contributed by atoms with E-state index in [2.05, 4.69) is 6.58 Å². The predicted molar refractivity (Wildman–Crippen MR) is 86.7 cm³/mol. The fourth-order valence-corrected chi connectivity index (χ4v) is 7.80. The summed E-state index contributed by atoms with van der Waals surface area (Å²) in [6.45, 7) is 5.55. The third kappa shape index (κ3) is 1.43. The van der Waals surface area contributed by atoms with Crippen LogP contribution in [0.1, 0.15) is 39.0 Å². The first-order valence-electron chi connectivity index (χ1n) is 9.27. The molecule has 5 rings (SSSR count). The molecule has 0 aromatic rings. The number of aliphatic hydroxyl groups excluding tert-OH is 2. The Morgan fingerprint density at radius 3 is 2.65 bits per heavy atom. The molecule has 1 aliphatic heterocycles. The van der Waals surface area contributed by atoms with Gasteiger partial charge in [0.15, 0.2) is 0 Å². The van der Waals surface area contributed by atoms with E-state index in [9.17, 15) is 30.0 Å². The first kappa shape index (κ1) is 16.7. The average Bonchev–Trinajstić information content (AvgIpc) is 2.92. The van der Waals surface area contributed by atoms with E-state index in [0.29, 0.717) is 12.8 Å². The van der Waals surface area contributed by atoms with Crippen LogP contribution in [0.3, 0.4) is 0 Å². The Morgan fingerprint density at radius 2 is 2.00 bits per heavy atom. The monoisotopic (exact) mass is 364 g/mol. The Kier molecular flexibility index (Phi) is 2.79. The lowest BCUT2D eigenvalue weighted by Crippen LogP contribution is -2.51. The molecule has 4 aliphatic carbocycles. The third-order valence-corrected chi connectivity index (χ3v) is 8.48. The molecule has 0 amide bonds. The van der Waals surface area contributed by atoms with Crippen molar-refractivity contribution in [2.75, 3.05) is 0 Å². The van der Waals surface area contributed by atoms with Gasteiger partial charge in [0.1, 0.15) is 5.60 Å². The van der Waals surface area contributed by atoms with Crippen molar-refractivity contribution >= 4 is 11.9 Å². The van der Waals surface area contributed by atoms with Gasteiger partial charge in [0, 0.05) is 23.7 Å². The Hall–Kier alpha value is -1.44. The smallest absolute Gasteiger partial charge is 0.312 e. The third-order valence-electron chi connectivity index (χ3n) is 8.48. The van der Waals surface area contributed by atoms with Crippen LogP contribution in [-0.2, 0) is 14.3 Å². The van der Waals surface area contributed by atoms with E-state index in [1.165, 1.54) is 0 Å². The second kappa shape index (κ2) is 4.34. The van der Waals surface area contributed by atoms with E-state index in [1.807, 2.05) is 0 Å². The molecule has 1 saturated heterocycles. The summed E-state index contributed by atoms with van der Waals surface area (Å²) < 4.78 is 5.90. The highest BCUT2D eigenvalue weighted by molar-refractivity contribution is 5.85. The zero-order valence-electron chi connectivity index (χ0n) is 14.6. The number of aliphatic carboxylic acids is 1. The van der Waals surface area contributed by atoms with Gasteiger partial charge >= 0.3 is 11.9 Å². The van der Waals surface area contributed by atoms with Crippen LogP contribution in [0, 0.1) is 28.6 Å². The highest BCUT2D eigenvalue weighted by Gasteiger charge is 2.85. The largest absolute Gasteiger partial charge is 0.481 e. The lowest BCUT2D eigenvalue weighted by atomic mass is 9.59. The summed E-state index contributed by atoms with van der Waals surface area (Å²) in [6, 6.07) is 0. The lowest BCUT2D eigenvalue weighted by Gasteiger charge is -2.46. The molecule has 0 aromatic heterocycles. The minimum Gasteiger partial charge on any atom is -0.481 e. The van der Waals surface area contributed by atoms with Gasteiger partial charge in [-0.05, 0) is 38.2 Å². The molecule has 4 N–H and O–H groups in total. The Balaban J connectivity index is 1.78. The van der Waals surface area contributed by atoms with E-state index in [0.717, 1.165) is 0 Å². The molecule has 4 bridgehead atoms. The van der Waals surface area contributed by atoms with Gasteiger partial charge in [0.2, 0.25) is 0 Å². The van der Waals surface area contributed by atoms with Crippen LogP contribution in [0.4, 0.5) is 0 Å². The maximum atomic E-state index is 12.7. The number of rotatable bonds is 1. The molecule has 0 unspecified atom stereocenters. The molecule has 5 aliphatic rings. The first-order valence-corrected chi connectivity index (χ1v) is 9.27. The van der Waals surface area contributed by atoms with Gasteiger partial charge in [-0.1, -0.05) is 6.58 Å². The number of carbonyl (C=O) groups excluding carboxylic acids is 1. The van der Waals surface area contributed by atoms with Gasteiger partial charge in [-0.15, -0.1) is 0 Å². The maximum absolute atomic E-state index is 12.7. The van der Waals surface area contributed by atoms with Crippen LogP contribution in [0.5, 0.6) is 0 Å². The molecule has 7 nitrogen and oxygen atoms in total. The molecular weight excluding hydrogens is 340 g/mol. The van der Waals surface area contributed by atoms with E-state index < -0.39 is 63.9 Å².